The van der Waals surface area contributed by atoms with Crippen molar-refractivity contribution in [2.75, 3.05) is 6.54 Å². The number of halogens is 1. The van der Waals surface area contributed by atoms with Crippen molar-refractivity contribution < 1.29 is 9.18 Å². The Morgan fingerprint density at radius 1 is 1.10 bits per heavy atom. The second-order valence-corrected chi connectivity index (χ2v) is 7.82. The van der Waals surface area contributed by atoms with Crippen molar-refractivity contribution in [3.05, 3.63) is 76.6 Å². The van der Waals surface area contributed by atoms with Crippen LogP contribution in [-0.4, -0.2) is 22.0 Å². The van der Waals surface area contributed by atoms with Crippen molar-refractivity contribution in [2.24, 2.45) is 0 Å². The molecular weight excluding hydrogens is 369 g/mol. The molecule has 29 heavy (non-hydrogen) atoms. The first-order chi connectivity index (χ1) is 14.1. The molecule has 2 aromatic carbocycles. The number of benzene rings is 2. The average Bonchev–Trinajstić information content (AvgIpc) is 2.76. The second kappa shape index (κ2) is 8.15. The van der Waals surface area contributed by atoms with E-state index in [4.69, 9.17) is 0 Å². The van der Waals surface area contributed by atoms with E-state index in [9.17, 15) is 14.0 Å². The zero-order chi connectivity index (χ0) is 20.3. The molecule has 1 aliphatic rings. The van der Waals surface area contributed by atoms with Crippen LogP contribution in [0.5, 0.6) is 0 Å². The standard InChI is InChI=1S/C23H24FN3O2/c24-18-9-10-20-19(13-18)22(29)27(16-26-20)14-21(28)25-15-23(11-5-2-6-12-23)17-7-3-1-4-8-17/h1,3-4,7-10,13,16H,2,5-6,11-12,14-15H2,(H,25,28). The molecule has 1 aromatic heterocycles. The Labute approximate surface area is 168 Å². The normalized spacial score (nSPS) is 15.9. The summed E-state index contributed by atoms with van der Waals surface area (Å²) in [5, 5.41) is 3.20. The van der Waals surface area contributed by atoms with Crippen molar-refractivity contribution in [3.63, 3.8) is 0 Å². The lowest BCUT2D eigenvalue weighted by atomic mass is 9.69. The lowest BCUT2D eigenvalue weighted by Gasteiger charge is -2.38. The van der Waals surface area contributed by atoms with Crippen LogP contribution in [0.3, 0.4) is 0 Å². The zero-order valence-electron chi connectivity index (χ0n) is 16.2. The summed E-state index contributed by atoms with van der Waals surface area (Å²) in [6.45, 7) is 0.406. The predicted molar refractivity (Wildman–Crippen MR) is 110 cm³/mol. The van der Waals surface area contributed by atoms with Gasteiger partial charge < -0.3 is 5.32 Å². The summed E-state index contributed by atoms with van der Waals surface area (Å²) < 4.78 is 14.7. The van der Waals surface area contributed by atoms with Gasteiger partial charge in [-0.2, -0.15) is 0 Å². The number of hydrogen-bond donors (Lipinski definition) is 1. The van der Waals surface area contributed by atoms with E-state index in [0.29, 0.717) is 12.1 Å². The van der Waals surface area contributed by atoms with Gasteiger partial charge in [-0.05, 0) is 36.6 Å². The van der Waals surface area contributed by atoms with Gasteiger partial charge in [0.25, 0.3) is 5.56 Å². The minimum atomic E-state index is -0.499. The van der Waals surface area contributed by atoms with E-state index >= 15 is 0 Å². The topological polar surface area (TPSA) is 64.0 Å². The number of carbonyl (C=O) groups is 1. The second-order valence-electron chi connectivity index (χ2n) is 7.82. The maximum absolute atomic E-state index is 13.5. The fourth-order valence-corrected chi connectivity index (χ4v) is 4.31. The van der Waals surface area contributed by atoms with Gasteiger partial charge in [-0.25, -0.2) is 9.37 Å². The van der Waals surface area contributed by atoms with Gasteiger partial charge in [0.15, 0.2) is 0 Å². The Hall–Kier alpha value is -3.02. The first-order valence-corrected chi connectivity index (χ1v) is 10.0. The Balaban J connectivity index is 1.50. The fraction of sp³-hybridized carbons (Fsp3) is 0.348. The van der Waals surface area contributed by atoms with Crippen LogP contribution in [0.15, 0.2) is 59.7 Å². The van der Waals surface area contributed by atoms with Gasteiger partial charge in [0.05, 0.1) is 17.2 Å². The van der Waals surface area contributed by atoms with Crippen LogP contribution in [0.1, 0.15) is 37.7 Å². The summed E-state index contributed by atoms with van der Waals surface area (Å²) in [5.74, 6) is -0.744. The van der Waals surface area contributed by atoms with Crippen LogP contribution in [-0.2, 0) is 16.8 Å². The van der Waals surface area contributed by atoms with Crippen molar-refractivity contribution in [1.29, 1.82) is 0 Å². The highest BCUT2D eigenvalue weighted by Crippen LogP contribution is 2.38. The van der Waals surface area contributed by atoms with Crippen LogP contribution in [0, 0.1) is 5.82 Å². The summed E-state index contributed by atoms with van der Waals surface area (Å²) >= 11 is 0. The molecule has 1 fully saturated rings. The molecule has 1 heterocycles. The minimum absolute atomic E-state index is 0.0646. The molecule has 6 heteroatoms. The maximum Gasteiger partial charge on any atom is 0.261 e. The Morgan fingerprint density at radius 2 is 1.86 bits per heavy atom. The quantitative estimate of drug-likeness (QED) is 0.721. The molecule has 0 unspecified atom stereocenters. The summed E-state index contributed by atoms with van der Waals surface area (Å²) in [6.07, 6.45) is 6.92. The van der Waals surface area contributed by atoms with E-state index in [-0.39, 0.29) is 23.3 Å². The fourth-order valence-electron chi connectivity index (χ4n) is 4.31. The molecule has 0 spiro atoms. The van der Waals surface area contributed by atoms with Gasteiger partial charge in [-0.3, -0.25) is 14.2 Å². The van der Waals surface area contributed by atoms with Gasteiger partial charge in [0, 0.05) is 12.0 Å². The van der Waals surface area contributed by atoms with Crippen LogP contribution >= 0.6 is 0 Å². The van der Waals surface area contributed by atoms with E-state index in [1.165, 1.54) is 35.0 Å². The summed E-state index contributed by atoms with van der Waals surface area (Å²) in [5.41, 5.74) is 1.18. The van der Waals surface area contributed by atoms with Gasteiger partial charge in [-0.1, -0.05) is 49.6 Å². The first kappa shape index (κ1) is 19.3. The number of hydrogen-bond acceptors (Lipinski definition) is 3. The third-order valence-electron chi connectivity index (χ3n) is 5.92. The van der Waals surface area contributed by atoms with Gasteiger partial charge in [-0.15, -0.1) is 0 Å². The van der Waals surface area contributed by atoms with E-state index in [0.717, 1.165) is 31.7 Å². The maximum atomic E-state index is 13.5. The van der Waals surface area contributed by atoms with Gasteiger partial charge >= 0.3 is 0 Å². The van der Waals surface area contributed by atoms with Crippen LogP contribution in [0.4, 0.5) is 4.39 Å². The van der Waals surface area contributed by atoms with E-state index in [1.807, 2.05) is 18.2 Å². The number of aromatic nitrogens is 2. The highest BCUT2D eigenvalue weighted by Gasteiger charge is 2.34. The summed E-state index contributed by atoms with van der Waals surface area (Å²) in [4.78, 5) is 29.4. The molecular formula is C23H24FN3O2. The number of rotatable bonds is 5. The third kappa shape index (κ3) is 4.06. The number of carbonyl (C=O) groups excluding carboxylic acids is 1. The van der Waals surface area contributed by atoms with Crippen LogP contribution in [0.2, 0.25) is 0 Å². The minimum Gasteiger partial charge on any atom is -0.354 e. The lowest BCUT2D eigenvalue weighted by molar-refractivity contribution is -0.122. The monoisotopic (exact) mass is 393 g/mol. The van der Waals surface area contributed by atoms with Crippen LogP contribution < -0.4 is 10.9 Å². The van der Waals surface area contributed by atoms with Crippen molar-refractivity contribution >= 4 is 16.8 Å². The Kier molecular flexibility index (Phi) is 5.43. The van der Waals surface area contributed by atoms with Crippen LogP contribution in [0.25, 0.3) is 10.9 Å². The number of nitrogens with zero attached hydrogens (tertiary/aromatic N) is 2. The average molecular weight is 393 g/mol. The molecule has 4 rings (SSSR count). The Bertz CT molecular complexity index is 1070. The third-order valence-corrected chi connectivity index (χ3v) is 5.92. The van der Waals surface area contributed by atoms with E-state index in [2.05, 4.69) is 22.4 Å². The molecule has 3 aromatic rings. The Morgan fingerprint density at radius 3 is 2.62 bits per heavy atom. The summed E-state index contributed by atoms with van der Waals surface area (Å²) in [7, 11) is 0. The smallest absolute Gasteiger partial charge is 0.261 e. The van der Waals surface area contributed by atoms with Gasteiger partial charge in [0.2, 0.25) is 5.91 Å². The number of nitrogens with one attached hydrogen (secondary N) is 1. The molecule has 1 aliphatic carbocycles. The molecule has 0 saturated heterocycles. The molecule has 1 saturated carbocycles. The highest BCUT2D eigenvalue weighted by molar-refractivity contribution is 5.79. The number of amides is 1. The molecule has 1 amide bonds. The first-order valence-electron chi connectivity index (χ1n) is 10.0. The van der Waals surface area contributed by atoms with Crippen molar-refractivity contribution in [2.45, 2.75) is 44.1 Å². The lowest BCUT2D eigenvalue weighted by Crippen LogP contribution is -2.43. The molecule has 0 aliphatic heterocycles. The molecule has 150 valence electrons. The number of fused-ring (bicyclic) bond motifs is 1. The highest BCUT2D eigenvalue weighted by atomic mass is 19.1. The molecule has 0 atom stereocenters. The largest absolute Gasteiger partial charge is 0.354 e. The predicted octanol–water partition coefficient (Wildman–Crippen LogP) is 3.55. The van der Waals surface area contributed by atoms with Crippen molar-refractivity contribution in [3.8, 4) is 0 Å². The van der Waals surface area contributed by atoms with Crippen molar-refractivity contribution in [1.82, 2.24) is 14.9 Å². The SMILES string of the molecule is O=C(Cn1cnc2ccc(F)cc2c1=O)NCC1(c2ccccc2)CCCCC1. The molecule has 5 nitrogen and oxygen atoms in total. The zero-order valence-corrected chi connectivity index (χ0v) is 16.2. The van der Waals surface area contributed by atoms with E-state index < -0.39 is 11.4 Å². The van der Waals surface area contributed by atoms with Gasteiger partial charge in [0.1, 0.15) is 12.4 Å². The molecule has 1 N–H and O–H groups in total. The molecule has 0 bridgehead atoms. The van der Waals surface area contributed by atoms with E-state index in [1.54, 1.807) is 0 Å². The molecule has 0 radical (unpaired) electrons. The summed E-state index contributed by atoms with van der Waals surface area (Å²) in [6, 6.07) is 14.2.